The first-order chi connectivity index (χ1) is 10.5. The van der Waals surface area contributed by atoms with Crippen LogP contribution in [0.1, 0.15) is 0 Å². The molecule has 0 aliphatic heterocycles. The summed E-state index contributed by atoms with van der Waals surface area (Å²) in [4.78, 5) is 14.7. The predicted octanol–water partition coefficient (Wildman–Crippen LogP) is 4.12. The number of nitro benzene ring substituents is 1. The third kappa shape index (κ3) is 2.64. The standard InChI is InChI=1S/C15H11ClN4O2/c16-9-1-3-11-13(5-6-18-14(11)7-9)19-15-8-10(20(21)22)2-4-12(15)17/h1-8H,17H2,(H,18,19). The van der Waals surface area contributed by atoms with Gasteiger partial charge in [-0.3, -0.25) is 15.1 Å². The Morgan fingerprint density at radius 1 is 1.14 bits per heavy atom. The monoisotopic (exact) mass is 314 g/mol. The Labute approximate surface area is 130 Å². The summed E-state index contributed by atoms with van der Waals surface area (Å²) >= 11 is 5.96. The highest BCUT2D eigenvalue weighted by molar-refractivity contribution is 6.31. The van der Waals surface area contributed by atoms with Gasteiger partial charge in [-0.1, -0.05) is 11.6 Å². The number of non-ortho nitro benzene ring substituents is 1. The number of aromatic nitrogens is 1. The van der Waals surface area contributed by atoms with Gasteiger partial charge in [0.15, 0.2) is 0 Å². The zero-order valence-corrected chi connectivity index (χ0v) is 12.0. The molecule has 0 spiro atoms. The van der Waals surface area contributed by atoms with Crippen LogP contribution in [0.4, 0.5) is 22.7 Å². The van der Waals surface area contributed by atoms with Crippen LogP contribution in [0.2, 0.25) is 5.02 Å². The number of benzene rings is 2. The molecule has 22 heavy (non-hydrogen) atoms. The Morgan fingerprint density at radius 3 is 2.73 bits per heavy atom. The van der Waals surface area contributed by atoms with Gasteiger partial charge in [-0.15, -0.1) is 0 Å². The predicted molar refractivity (Wildman–Crippen MR) is 87.5 cm³/mol. The van der Waals surface area contributed by atoms with Crippen LogP contribution in [0.25, 0.3) is 10.9 Å². The van der Waals surface area contributed by atoms with E-state index >= 15 is 0 Å². The molecule has 0 unspecified atom stereocenters. The fourth-order valence-corrected chi connectivity index (χ4v) is 2.31. The number of rotatable bonds is 3. The van der Waals surface area contributed by atoms with Crippen molar-refractivity contribution in [1.29, 1.82) is 0 Å². The topological polar surface area (TPSA) is 94.1 Å². The number of nitro groups is 1. The molecule has 1 aromatic heterocycles. The molecule has 0 aliphatic carbocycles. The molecular formula is C15H11ClN4O2. The van der Waals surface area contributed by atoms with Gasteiger partial charge in [-0.05, 0) is 30.3 Å². The summed E-state index contributed by atoms with van der Waals surface area (Å²) in [5.41, 5.74) is 8.21. The van der Waals surface area contributed by atoms with E-state index in [2.05, 4.69) is 10.3 Å². The second-order valence-corrected chi connectivity index (χ2v) is 5.11. The number of halogens is 1. The van der Waals surface area contributed by atoms with Crippen LogP contribution >= 0.6 is 11.6 Å². The fourth-order valence-electron chi connectivity index (χ4n) is 2.14. The number of nitrogens with one attached hydrogen (secondary N) is 1. The SMILES string of the molecule is Nc1ccc([N+](=O)[O-])cc1Nc1ccnc2cc(Cl)ccc12. The van der Waals surface area contributed by atoms with Crippen molar-refractivity contribution < 1.29 is 4.92 Å². The van der Waals surface area contributed by atoms with E-state index in [0.29, 0.717) is 16.4 Å². The molecule has 0 aliphatic rings. The Kier molecular flexibility index (Phi) is 3.52. The maximum absolute atomic E-state index is 10.9. The first kappa shape index (κ1) is 14.1. The Balaban J connectivity index is 2.07. The zero-order chi connectivity index (χ0) is 15.7. The molecule has 0 saturated carbocycles. The van der Waals surface area contributed by atoms with Gasteiger partial charge >= 0.3 is 0 Å². The molecule has 0 amide bonds. The average Bonchev–Trinajstić information content (AvgIpc) is 2.49. The van der Waals surface area contributed by atoms with Gasteiger partial charge in [0.25, 0.3) is 5.69 Å². The van der Waals surface area contributed by atoms with E-state index in [0.717, 1.165) is 16.6 Å². The zero-order valence-electron chi connectivity index (χ0n) is 11.3. The number of anilines is 3. The molecule has 3 aromatic rings. The lowest BCUT2D eigenvalue weighted by atomic mass is 10.1. The lowest BCUT2D eigenvalue weighted by Crippen LogP contribution is -1.99. The summed E-state index contributed by atoms with van der Waals surface area (Å²) in [6.07, 6.45) is 1.63. The molecule has 0 radical (unpaired) electrons. The second kappa shape index (κ2) is 5.50. The summed E-state index contributed by atoms with van der Waals surface area (Å²) < 4.78 is 0. The van der Waals surface area contributed by atoms with Crippen molar-refractivity contribution in [3.63, 3.8) is 0 Å². The van der Waals surface area contributed by atoms with E-state index in [1.807, 2.05) is 6.07 Å². The number of nitrogens with zero attached hydrogens (tertiary/aromatic N) is 2. The van der Waals surface area contributed by atoms with Gasteiger partial charge in [0, 0.05) is 34.4 Å². The van der Waals surface area contributed by atoms with E-state index in [4.69, 9.17) is 17.3 Å². The highest BCUT2D eigenvalue weighted by atomic mass is 35.5. The van der Waals surface area contributed by atoms with Crippen molar-refractivity contribution >= 4 is 45.3 Å². The van der Waals surface area contributed by atoms with Crippen molar-refractivity contribution in [1.82, 2.24) is 4.98 Å². The Bertz CT molecular complexity index is 883. The number of nitrogen functional groups attached to an aromatic ring is 1. The van der Waals surface area contributed by atoms with Gasteiger partial charge in [-0.25, -0.2) is 0 Å². The summed E-state index contributed by atoms with van der Waals surface area (Å²) in [5, 5.41) is 15.4. The van der Waals surface area contributed by atoms with Gasteiger partial charge in [0.2, 0.25) is 0 Å². The number of nitrogens with two attached hydrogens (primary N) is 1. The van der Waals surface area contributed by atoms with E-state index in [1.165, 1.54) is 18.2 Å². The quantitative estimate of drug-likeness (QED) is 0.431. The lowest BCUT2D eigenvalue weighted by molar-refractivity contribution is -0.384. The average molecular weight is 315 g/mol. The Hall–Kier alpha value is -2.86. The number of hydrogen-bond donors (Lipinski definition) is 2. The van der Waals surface area contributed by atoms with Crippen LogP contribution in [0.3, 0.4) is 0 Å². The molecule has 0 bridgehead atoms. The Morgan fingerprint density at radius 2 is 1.95 bits per heavy atom. The van der Waals surface area contributed by atoms with Crippen molar-refractivity contribution in [3.8, 4) is 0 Å². The molecule has 7 heteroatoms. The molecular weight excluding hydrogens is 304 g/mol. The third-order valence-electron chi connectivity index (χ3n) is 3.22. The number of hydrogen-bond acceptors (Lipinski definition) is 5. The van der Waals surface area contributed by atoms with Crippen LogP contribution in [-0.2, 0) is 0 Å². The summed E-state index contributed by atoms with van der Waals surface area (Å²) in [7, 11) is 0. The second-order valence-electron chi connectivity index (χ2n) is 4.67. The van der Waals surface area contributed by atoms with Crippen LogP contribution < -0.4 is 11.1 Å². The van der Waals surface area contributed by atoms with Gasteiger partial charge in [0.05, 0.1) is 21.8 Å². The fraction of sp³-hybridized carbons (Fsp3) is 0. The van der Waals surface area contributed by atoms with E-state index in [9.17, 15) is 10.1 Å². The van der Waals surface area contributed by atoms with Gasteiger partial charge < -0.3 is 11.1 Å². The third-order valence-corrected chi connectivity index (χ3v) is 3.46. The lowest BCUT2D eigenvalue weighted by Gasteiger charge is -2.11. The van der Waals surface area contributed by atoms with Crippen molar-refractivity contribution in [2.24, 2.45) is 0 Å². The molecule has 1 heterocycles. The first-order valence-electron chi connectivity index (χ1n) is 6.40. The minimum atomic E-state index is -0.463. The molecule has 0 saturated heterocycles. The minimum absolute atomic E-state index is 0.0295. The number of pyridine rings is 1. The molecule has 6 nitrogen and oxygen atoms in total. The molecule has 110 valence electrons. The van der Waals surface area contributed by atoms with E-state index in [-0.39, 0.29) is 5.69 Å². The van der Waals surface area contributed by atoms with Gasteiger partial charge in [-0.2, -0.15) is 0 Å². The highest BCUT2D eigenvalue weighted by Crippen LogP contribution is 2.31. The highest BCUT2D eigenvalue weighted by Gasteiger charge is 2.10. The molecule has 2 aromatic carbocycles. The van der Waals surface area contributed by atoms with E-state index in [1.54, 1.807) is 24.4 Å². The summed E-state index contributed by atoms with van der Waals surface area (Å²) in [6.45, 7) is 0. The molecule has 3 N–H and O–H groups in total. The van der Waals surface area contributed by atoms with Crippen molar-refractivity contribution in [3.05, 3.63) is 63.8 Å². The van der Waals surface area contributed by atoms with Gasteiger partial charge in [0.1, 0.15) is 0 Å². The van der Waals surface area contributed by atoms with Crippen molar-refractivity contribution in [2.75, 3.05) is 11.1 Å². The van der Waals surface area contributed by atoms with E-state index < -0.39 is 4.92 Å². The maximum atomic E-state index is 10.9. The summed E-state index contributed by atoms with van der Waals surface area (Å²) in [6, 6.07) is 11.4. The van der Waals surface area contributed by atoms with Crippen LogP contribution in [0, 0.1) is 10.1 Å². The minimum Gasteiger partial charge on any atom is -0.397 e. The molecule has 0 atom stereocenters. The van der Waals surface area contributed by atoms with Crippen LogP contribution in [0.5, 0.6) is 0 Å². The van der Waals surface area contributed by atoms with Crippen molar-refractivity contribution in [2.45, 2.75) is 0 Å². The smallest absolute Gasteiger partial charge is 0.271 e. The number of fused-ring (bicyclic) bond motifs is 1. The van der Waals surface area contributed by atoms with Crippen LogP contribution in [-0.4, -0.2) is 9.91 Å². The first-order valence-corrected chi connectivity index (χ1v) is 6.77. The summed E-state index contributed by atoms with van der Waals surface area (Å²) in [5.74, 6) is 0. The normalized spacial score (nSPS) is 10.6. The molecule has 0 fully saturated rings. The largest absolute Gasteiger partial charge is 0.397 e. The maximum Gasteiger partial charge on any atom is 0.271 e. The van der Waals surface area contributed by atoms with Crippen LogP contribution in [0.15, 0.2) is 48.7 Å². The molecule has 3 rings (SSSR count).